The Kier molecular flexibility index (Phi) is 2.79. The SMILES string of the molecule is CNCCC(C)(O)C12CC3CC(CC(C3)C1)C2. The van der Waals surface area contributed by atoms with Gasteiger partial charge >= 0.3 is 0 Å². The van der Waals surface area contributed by atoms with Gasteiger partial charge in [0.2, 0.25) is 0 Å². The summed E-state index contributed by atoms with van der Waals surface area (Å²) < 4.78 is 0. The first-order chi connectivity index (χ1) is 8.05. The van der Waals surface area contributed by atoms with Crippen LogP contribution < -0.4 is 5.32 Å². The highest BCUT2D eigenvalue weighted by atomic mass is 16.3. The number of nitrogens with one attached hydrogen (secondary N) is 1. The van der Waals surface area contributed by atoms with Crippen LogP contribution in [0.25, 0.3) is 0 Å². The third kappa shape index (κ3) is 1.84. The van der Waals surface area contributed by atoms with Crippen molar-refractivity contribution in [1.82, 2.24) is 5.32 Å². The predicted molar refractivity (Wildman–Crippen MR) is 69.8 cm³/mol. The van der Waals surface area contributed by atoms with Crippen LogP contribution in [0.5, 0.6) is 0 Å². The molecule has 0 aromatic rings. The van der Waals surface area contributed by atoms with Crippen LogP contribution in [0.3, 0.4) is 0 Å². The number of rotatable bonds is 4. The molecule has 0 aromatic heterocycles. The summed E-state index contributed by atoms with van der Waals surface area (Å²) in [5.74, 6) is 2.80. The van der Waals surface area contributed by atoms with E-state index < -0.39 is 5.60 Å². The van der Waals surface area contributed by atoms with Gasteiger partial charge in [-0.25, -0.2) is 0 Å². The van der Waals surface area contributed by atoms with Gasteiger partial charge in [0.05, 0.1) is 5.60 Å². The van der Waals surface area contributed by atoms with E-state index >= 15 is 0 Å². The summed E-state index contributed by atoms with van der Waals surface area (Å²) in [6.07, 6.45) is 9.20. The molecular formula is C15H27NO. The highest BCUT2D eigenvalue weighted by Gasteiger charge is 2.57. The normalized spacial score (nSPS) is 47.1. The fraction of sp³-hybridized carbons (Fsp3) is 1.00. The second-order valence-electron chi connectivity index (χ2n) is 7.33. The Morgan fingerprint density at radius 1 is 1.12 bits per heavy atom. The smallest absolute Gasteiger partial charge is 0.0688 e. The minimum atomic E-state index is -0.452. The molecule has 2 nitrogen and oxygen atoms in total. The first-order valence-corrected chi connectivity index (χ1v) is 7.42. The van der Waals surface area contributed by atoms with Crippen LogP contribution in [0, 0.1) is 23.2 Å². The Bertz CT molecular complexity index is 262. The molecule has 0 saturated heterocycles. The second-order valence-corrected chi connectivity index (χ2v) is 7.33. The molecule has 0 radical (unpaired) electrons. The molecule has 98 valence electrons. The molecule has 0 heterocycles. The highest BCUT2D eigenvalue weighted by molar-refractivity contribution is 5.08. The van der Waals surface area contributed by atoms with Gasteiger partial charge in [0.1, 0.15) is 0 Å². The van der Waals surface area contributed by atoms with Crippen molar-refractivity contribution < 1.29 is 5.11 Å². The van der Waals surface area contributed by atoms with Gasteiger partial charge in [-0.1, -0.05) is 0 Å². The largest absolute Gasteiger partial charge is 0.390 e. The molecule has 0 amide bonds. The van der Waals surface area contributed by atoms with Gasteiger partial charge in [-0.3, -0.25) is 0 Å². The topological polar surface area (TPSA) is 32.3 Å². The second kappa shape index (κ2) is 3.96. The molecular weight excluding hydrogens is 210 g/mol. The highest BCUT2D eigenvalue weighted by Crippen LogP contribution is 2.64. The molecule has 0 aromatic carbocycles. The maximum atomic E-state index is 11.0. The first-order valence-electron chi connectivity index (χ1n) is 7.42. The lowest BCUT2D eigenvalue weighted by Crippen LogP contribution is -2.57. The van der Waals surface area contributed by atoms with Crippen molar-refractivity contribution in [2.75, 3.05) is 13.6 Å². The summed E-state index contributed by atoms with van der Waals surface area (Å²) in [5, 5.41) is 14.2. The van der Waals surface area contributed by atoms with Crippen LogP contribution in [0.1, 0.15) is 51.9 Å². The molecule has 4 bridgehead atoms. The number of hydrogen-bond donors (Lipinski definition) is 2. The average Bonchev–Trinajstić information content (AvgIpc) is 2.24. The summed E-state index contributed by atoms with van der Waals surface area (Å²) in [6.45, 7) is 3.05. The van der Waals surface area contributed by atoms with Gasteiger partial charge in [0, 0.05) is 0 Å². The zero-order valence-corrected chi connectivity index (χ0v) is 11.3. The van der Waals surface area contributed by atoms with Crippen LogP contribution in [0.4, 0.5) is 0 Å². The van der Waals surface area contributed by atoms with E-state index in [-0.39, 0.29) is 5.41 Å². The molecule has 4 aliphatic rings. The molecule has 17 heavy (non-hydrogen) atoms. The van der Waals surface area contributed by atoms with Crippen molar-refractivity contribution in [2.24, 2.45) is 23.2 Å². The van der Waals surface area contributed by atoms with Gasteiger partial charge in [0.15, 0.2) is 0 Å². The zero-order chi connectivity index (χ0) is 12.1. The van der Waals surface area contributed by atoms with Crippen molar-refractivity contribution in [3.63, 3.8) is 0 Å². The standard InChI is InChI=1S/C15H27NO/c1-14(17,3-4-16-2)15-8-11-5-12(9-15)7-13(6-11)10-15/h11-13,16-17H,3-10H2,1-2H3. The Hall–Kier alpha value is -0.0800. The lowest BCUT2D eigenvalue weighted by atomic mass is 9.45. The summed E-state index contributed by atoms with van der Waals surface area (Å²) in [5.41, 5.74) is -0.190. The molecule has 2 N–H and O–H groups in total. The summed E-state index contributed by atoms with van der Waals surface area (Å²) in [7, 11) is 1.98. The van der Waals surface area contributed by atoms with Gasteiger partial charge in [0.25, 0.3) is 0 Å². The van der Waals surface area contributed by atoms with Crippen LogP contribution in [-0.4, -0.2) is 24.3 Å². The number of hydrogen-bond acceptors (Lipinski definition) is 2. The van der Waals surface area contributed by atoms with Gasteiger partial charge in [-0.15, -0.1) is 0 Å². The van der Waals surface area contributed by atoms with E-state index in [0.29, 0.717) is 0 Å². The van der Waals surface area contributed by atoms with Crippen LogP contribution in [-0.2, 0) is 0 Å². The molecule has 1 unspecified atom stereocenters. The minimum Gasteiger partial charge on any atom is -0.390 e. The summed E-state index contributed by atoms with van der Waals surface area (Å²) in [6, 6.07) is 0. The first kappa shape index (κ1) is 12.0. The van der Waals surface area contributed by atoms with Crippen molar-refractivity contribution in [3.05, 3.63) is 0 Å². The van der Waals surface area contributed by atoms with Crippen molar-refractivity contribution in [2.45, 2.75) is 57.5 Å². The Morgan fingerprint density at radius 2 is 1.59 bits per heavy atom. The maximum absolute atomic E-state index is 11.0. The Balaban J connectivity index is 1.81. The van der Waals surface area contributed by atoms with Crippen LogP contribution >= 0.6 is 0 Å². The van der Waals surface area contributed by atoms with Gasteiger partial charge in [-0.2, -0.15) is 0 Å². The lowest BCUT2D eigenvalue weighted by molar-refractivity contribution is -0.172. The molecule has 4 fully saturated rings. The molecule has 0 aliphatic heterocycles. The summed E-state index contributed by atoms with van der Waals surface area (Å²) >= 11 is 0. The quantitative estimate of drug-likeness (QED) is 0.787. The zero-order valence-electron chi connectivity index (χ0n) is 11.3. The summed E-state index contributed by atoms with van der Waals surface area (Å²) in [4.78, 5) is 0. The van der Waals surface area contributed by atoms with E-state index in [1.54, 1.807) is 0 Å². The lowest BCUT2D eigenvalue weighted by Gasteiger charge is -2.61. The monoisotopic (exact) mass is 237 g/mol. The van der Waals surface area contributed by atoms with Crippen LogP contribution in [0.15, 0.2) is 0 Å². The number of aliphatic hydroxyl groups is 1. The molecule has 4 rings (SSSR count). The van der Waals surface area contributed by atoms with Crippen molar-refractivity contribution in [1.29, 1.82) is 0 Å². The molecule has 0 spiro atoms. The minimum absolute atomic E-state index is 0.262. The van der Waals surface area contributed by atoms with Crippen LogP contribution in [0.2, 0.25) is 0 Å². The fourth-order valence-electron chi connectivity index (χ4n) is 5.40. The average molecular weight is 237 g/mol. The van der Waals surface area contributed by atoms with Gasteiger partial charge < -0.3 is 10.4 Å². The molecule has 4 aliphatic carbocycles. The van der Waals surface area contributed by atoms with E-state index in [1.165, 1.54) is 38.5 Å². The maximum Gasteiger partial charge on any atom is 0.0688 e. The van der Waals surface area contributed by atoms with E-state index in [1.807, 2.05) is 7.05 Å². The van der Waals surface area contributed by atoms with Crippen molar-refractivity contribution in [3.8, 4) is 0 Å². The van der Waals surface area contributed by atoms with E-state index in [2.05, 4.69) is 12.2 Å². The third-order valence-corrected chi connectivity index (χ3v) is 6.04. The molecule has 2 heteroatoms. The molecule has 1 atom stereocenters. The third-order valence-electron chi connectivity index (χ3n) is 6.04. The Labute approximate surface area is 105 Å². The molecule has 4 saturated carbocycles. The van der Waals surface area contributed by atoms with Gasteiger partial charge in [-0.05, 0) is 88.6 Å². The van der Waals surface area contributed by atoms with E-state index in [4.69, 9.17) is 0 Å². The predicted octanol–water partition coefficient (Wildman–Crippen LogP) is 2.56. The van der Waals surface area contributed by atoms with Crippen molar-refractivity contribution >= 4 is 0 Å². The van der Waals surface area contributed by atoms with E-state index in [0.717, 1.165) is 30.7 Å². The Morgan fingerprint density at radius 3 is 2.00 bits per heavy atom. The fourth-order valence-corrected chi connectivity index (χ4v) is 5.40. The van der Waals surface area contributed by atoms with E-state index in [9.17, 15) is 5.11 Å².